The Hall–Kier alpha value is -1.09. The molecular formula is C14H20FNO. The molecule has 0 bridgehead atoms. The molecule has 0 aliphatic carbocycles. The zero-order chi connectivity index (χ0) is 12.3. The SMILES string of the molecule is COc1cc(CC2CCNCC2)cc(C)c1F. The highest BCUT2D eigenvalue weighted by molar-refractivity contribution is 5.36. The van der Waals surface area contributed by atoms with Crippen molar-refractivity contribution >= 4 is 0 Å². The Balaban J connectivity index is 2.12. The van der Waals surface area contributed by atoms with Gasteiger partial charge in [0.1, 0.15) is 0 Å². The molecule has 0 unspecified atom stereocenters. The van der Waals surface area contributed by atoms with E-state index in [0.717, 1.165) is 19.5 Å². The number of methoxy groups -OCH3 is 1. The molecule has 1 heterocycles. The number of benzene rings is 1. The van der Waals surface area contributed by atoms with E-state index in [9.17, 15) is 4.39 Å². The van der Waals surface area contributed by atoms with Crippen LogP contribution in [0.5, 0.6) is 5.75 Å². The molecule has 2 nitrogen and oxygen atoms in total. The maximum atomic E-state index is 13.6. The van der Waals surface area contributed by atoms with Gasteiger partial charge in [0.2, 0.25) is 0 Å². The van der Waals surface area contributed by atoms with E-state index in [2.05, 4.69) is 5.32 Å². The normalized spacial score (nSPS) is 17.1. The van der Waals surface area contributed by atoms with Gasteiger partial charge in [-0.05, 0) is 62.4 Å². The van der Waals surface area contributed by atoms with Crippen LogP contribution in [0.25, 0.3) is 0 Å². The third kappa shape index (κ3) is 2.97. The number of ether oxygens (including phenoxy) is 1. The molecule has 94 valence electrons. The van der Waals surface area contributed by atoms with Crippen LogP contribution < -0.4 is 10.1 Å². The molecule has 0 aromatic heterocycles. The lowest BCUT2D eigenvalue weighted by Gasteiger charge is -2.23. The lowest BCUT2D eigenvalue weighted by molar-refractivity contribution is 0.367. The molecule has 2 rings (SSSR count). The third-order valence-corrected chi connectivity index (χ3v) is 3.48. The summed E-state index contributed by atoms with van der Waals surface area (Å²) in [5, 5.41) is 3.36. The maximum absolute atomic E-state index is 13.6. The summed E-state index contributed by atoms with van der Waals surface area (Å²) in [4.78, 5) is 0. The van der Waals surface area contributed by atoms with Crippen LogP contribution in [0.2, 0.25) is 0 Å². The van der Waals surface area contributed by atoms with Crippen molar-refractivity contribution in [2.45, 2.75) is 26.2 Å². The van der Waals surface area contributed by atoms with E-state index in [0.29, 0.717) is 17.2 Å². The van der Waals surface area contributed by atoms with E-state index in [1.807, 2.05) is 12.1 Å². The molecule has 1 aliphatic heterocycles. The Morgan fingerprint density at radius 2 is 2.06 bits per heavy atom. The summed E-state index contributed by atoms with van der Waals surface area (Å²) in [6.07, 6.45) is 3.44. The van der Waals surface area contributed by atoms with Gasteiger partial charge in [-0.2, -0.15) is 0 Å². The molecule has 1 aromatic carbocycles. The van der Waals surface area contributed by atoms with Gasteiger partial charge in [-0.25, -0.2) is 4.39 Å². The summed E-state index contributed by atoms with van der Waals surface area (Å²) in [5.74, 6) is 0.848. The Labute approximate surface area is 102 Å². The van der Waals surface area contributed by atoms with Gasteiger partial charge >= 0.3 is 0 Å². The highest BCUT2D eigenvalue weighted by atomic mass is 19.1. The van der Waals surface area contributed by atoms with Gasteiger partial charge in [0, 0.05) is 0 Å². The molecule has 0 amide bonds. The average Bonchev–Trinajstić information content (AvgIpc) is 2.35. The van der Waals surface area contributed by atoms with Gasteiger partial charge in [0.15, 0.2) is 11.6 Å². The highest BCUT2D eigenvalue weighted by Crippen LogP contribution is 2.25. The maximum Gasteiger partial charge on any atom is 0.167 e. The van der Waals surface area contributed by atoms with E-state index in [1.165, 1.54) is 25.5 Å². The van der Waals surface area contributed by atoms with Crippen LogP contribution >= 0.6 is 0 Å². The van der Waals surface area contributed by atoms with Crippen LogP contribution in [0.4, 0.5) is 4.39 Å². The standard InChI is InChI=1S/C14H20FNO/c1-10-7-12(9-13(17-2)14(10)15)8-11-3-5-16-6-4-11/h7,9,11,16H,3-6,8H2,1-2H3. The van der Waals surface area contributed by atoms with Gasteiger partial charge in [-0.1, -0.05) is 6.07 Å². The summed E-state index contributed by atoms with van der Waals surface area (Å²) < 4.78 is 18.7. The first kappa shape index (κ1) is 12.4. The van der Waals surface area contributed by atoms with E-state index in [4.69, 9.17) is 4.74 Å². The minimum Gasteiger partial charge on any atom is -0.494 e. The third-order valence-electron chi connectivity index (χ3n) is 3.48. The summed E-state index contributed by atoms with van der Waals surface area (Å²) in [7, 11) is 1.52. The second-order valence-electron chi connectivity index (χ2n) is 4.83. The van der Waals surface area contributed by atoms with Gasteiger partial charge in [-0.3, -0.25) is 0 Å². The Kier molecular flexibility index (Phi) is 4.00. The number of nitrogens with one attached hydrogen (secondary N) is 1. The largest absolute Gasteiger partial charge is 0.494 e. The Morgan fingerprint density at radius 3 is 2.71 bits per heavy atom. The molecule has 1 aromatic rings. The molecule has 0 atom stereocenters. The molecule has 17 heavy (non-hydrogen) atoms. The van der Waals surface area contributed by atoms with Crippen molar-refractivity contribution in [1.82, 2.24) is 5.32 Å². The summed E-state index contributed by atoms with van der Waals surface area (Å²) >= 11 is 0. The molecule has 1 aliphatic rings. The van der Waals surface area contributed by atoms with Crippen LogP contribution in [-0.4, -0.2) is 20.2 Å². The monoisotopic (exact) mass is 237 g/mol. The fraction of sp³-hybridized carbons (Fsp3) is 0.571. The quantitative estimate of drug-likeness (QED) is 0.872. The second-order valence-corrected chi connectivity index (χ2v) is 4.83. The van der Waals surface area contributed by atoms with E-state index in [-0.39, 0.29) is 5.82 Å². The minimum absolute atomic E-state index is 0.235. The summed E-state index contributed by atoms with van der Waals surface area (Å²) in [5.41, 5.74) is 1.86. The van der Waals surface area contributed by atoms with Crippen molar-refractivity contribution in [2.75, 3.05) is 20.2 Å². The van der Waals surface area contributed by atoms with Crippen LogP contribution in [0.15, 0.2) is 12.1 Å². The van der Waals surface area contributed by atoms with Gasteiger partial charge in [-0.15, -0.1) is 0 Å². The lowest BCUT2D eigenvalue weighted by Crippen LogP contribution is -2.28. The van der Waals surface area contributed by atoms with E-state index in [1.54, 1.807) is 6.92 Å². The van der Waals surface area contributed by atoms with Crippen LogP contribution in [0, 0.1) is 18.7 Å². The van der Waals surface area contributed by atoms with Gasteiger partial charge in [0.05, 0.1) is 7.11 Å². The van der Waals surface area contributed by atoms with Crippen LogP contribution in [-0.2, 0) is 6.42 Å². The molecule has 3 heteroatoms. The predicted octanol–water partition coefficient (Wildman–Crippen LogP) is 2.68. The number of aryl methyl sites for hydroxylation is 1. The summed E-state index contributed by atoms with van der Waals surface area (Å²) in [6, 6.07) is 3.78. The Morgan fingerprint density at radius 1 is 1.35 bits per heavy atom. The van der Waals surface area contributed by atoms with Crippen molar-refractivity contribution in [3.63, 3.8) is 0 Å². The zero-order valence-corrected chi connectivity index (χ0v) is 10.6. The van der Waals surface area contributed by atoms with Crippen LogP contribution in [0.3, 0.4) is 0 Å². The first-order chi connectivity index (χ1) is 8.20. The van der Waals surface area contributed by atoms with Crippen molar-refractivity contribution in [2.24, 2.45) is 5.92 Å². The van der Waals surface area contributed by atoms with E-state index >= 15 is 0 Å². The first-order valence-corrected chi connectivity index (χ1v) is 6.24. The topological polar surface area (TPSA) is 21.3 Å². The van der Waals surface area contributed by atoms with Gasteiger partial charge < -0.3 is 10.1 Å². The zero-order valence-electron chi connectivity index (χ0n) is 10.6. The fourth-order valence-corrected chi connectivity index (χ4v) is 2.49. The van der Waals surface area contributed by atoms with Crippen molar-refractivity contribution in [1.29, 1.82) is 0 Å². The lowest BCUT2D eigenvalue weighted by atomic mass is 9.90. The van der Waals surface area contributed by atoms with E-state index < -0.39 is 0 Å². The smallest absolute Gasteiger partial charge is 0.167 e. The highest BCUT2D eigenvalue weighted by Gasteiger charge is 2.15. The molecule has 0 radical (unpaired) electrons. The molecule has 0 saturated carbocycles. The number of halogens is 1. The van der Waals surface area contributed by atoms with Gasteiger partial charge in [0.25, 0.3) is 0 Å². The number of hydrogen-bond acceptors (Lipinski definition) is 2. The van der Waals surface area contributed by atoms with Crippen molar-refractivity contribution in [3.05, 3.63) is 29.1 Å². The second kappa shape index (κ2) is 5.50. The molecule has 1 fully saturated rings. The predicted molar refractivity (Wildman–Crippen MR) is 67.0 cm³/mol. The Bertz CT molecular complexity index is 386. The fourth-order valence-electron chi connectivity index (χ4n) is 2.49. The average molecular weight is 237 g/mol. The van der Waals surface area contributed by atoms with Crippen LogP contribution in [0.1, 0.15) is 24.0 Å². The van der Waals surface area contributed by atoms with Crippen molar-refractivity contribution < 1.29 is 9.13 Å². The number of hydrogen-bond donors (Lipinski definition) is 1. The molecular weight excluding hydrogens is 217 g/mol. The first-order valence-electron chi connectivity index (χ1n) is 6.24. The number of piperidine rings is 1. The summed E-state index contributed by atoms with van der Waals surface area (Å²) in [6.45, 7) is 3.99. The molecule has 0 spiro atoms. The number of rotatable bonds is 3. The minimum atomic E-state index is -0.235. The van der Waals surface area contributed by atoms with Crippen molar-refractivity contribution in [3.8, 4) is 5.75 Å². The molecule has 1 N–H and O–H groups in total. The molecule has 1 saturated heterocycles.